The van der Waals surface area contributed by atoms with E-state index in [2.05, 4.69) is 25.3 Å². The fraction of sp³-hybridized carbons (Fsp3) is 0.118. The van der Waals surface area contributed by atoms with Crippen LogP contribution in [0.25, 0.3) is 22.3 Å². The van der Waals surface area contributed by atoms with Crippen molar-refractivity contribution in [3.05, 3.63) is 127 Å². The van der Waals surface area contributed by atoms with Crippen LogP contribution in [0.3, 0.4) is 0 Å². The van der Waals surface area contributed by atoms with Crippen molar-refractivity contribution in [2.24, 2.45) is 0 Å². The van der Waals surface area contributed by atoms with Crippen LogP contribution in [0.1, 0.15) is 26.3 Å². The van der Waals surface area contributed by atoms with E-state index >= 15 is 0 Å². The molecule has 0 aliphatic heterocycles. The molecule has 39 heavy (non-hydrogen) atoms. The monoisotopic (exact) mass is 518 g/mol. The highest BCUT2D eigenvalue weighted by Gasteiger charge is 2.23. The fourth-order valence-electron chi connectivity index (χ4n) is 3.92. The third-order valence-corrected chi connectivity index (χ3v) is 6.13. The lowest BCUT2D eigenvalue weighted by molar-refractivity contribution is -0.130. The summed E-state index contributed by atoms with van der Waals surface area (Å²) in [5.74, 6) is 0.780. The zero-order valence-electron chi connectivity index (χ0n) is 22.3. The quantitative estimate of drug-likeness (QED) is 0.128. The number of benzene rings is 4. The lowest BCUT2D eigenvalue weighted by atomic mass is 9.95. The van der Waals surface area contributed by atoms with Gasteiger partial charge >= 0.3 is 11.9 Å². The van der Waals surface area contributed by atoms with Gasteiger partial charge in [-0.25, -0.2) is 9.59 Å². The summed E-state index contributed by atoms with van der Waals surface area (Å²) >= 11 is 0. The topological polar surface area (TPSA) is 61.8 Å². The lowest BCUT2D eigenvalue weighted by Gasteiger charge is -2.27. The van der Waals surface area contributed by atoms with Gasteiger partial charge in [0.15, 0.2) is 0 Å². The van der Waals surface area contributed by atoms with E-state index < -0.39 is 17.5 Å². The molecule has 0 aromatic heterocycles. The molecule has 0 atom stereocenters. The van der Waals surface area contributed by atoms with E-state index in [1.54, 1.807) is 31.2 Å². The molecule has 4 rings (SSSR count). The Labute approximate surface area is 229 Å². The first-order valence-electron chi connectivity index (χ1n) is 12.5. The van der Waals surface area contributed by atoms with E-state index in [4.69, 9.17) is 14.2 Å². The third kappa shape index (κ3) is 6.90. The molecule has 0 aliphatic carbocycles. The van der Waals surface area contributed by atoms with Crippen LogP contribution in [0.4, 0.5) is 0 Å². The summed E-state index contributed by atoms with van der Waals surface area (Å²) in [6, 6.07) is 30.8. The van der Waals surface area contributed by atoms with E-state index in [1.165, 1.54) is 0 Å². The van der Waals surface area contributed by atoms with Crippen LogP contribution < -0.4 is 14.2 Å². The number of esters is 2. The fourth-order valence-corrected chi connectivity index (χ4v) is 3.92. The van der Waals surface area contributed by atoms with Crippen molar-refractivity contribution in [3.63, 3.8) is 0 Å². The van der Waals surface area contributed by atoms with Gasteiger partial charge in [0.1, 0.15) is 22.8 Å². The number of carbonyl (C=O) groups excluding carboxylic acids is 2. The molecule has 0 fully saturated rings. The molecule has 0 saturated carbocycles. The minimum Gasteiger partial charge on any atom is -0.483 e. The minimum atomic E-state index is -0.558. The maximum atomic E-state index is 11.7. The van der Waals surface area contributed by atoms with Gasteiger partial charge in [0, 0.05) is 11.6 Å². The van der Waals surface area contributed by atoms with Crippen molar-refractivity contribution in [1.82, 2.24) is 0 Å². The average Bonchev–Trinajstić information content (AvgIpc) is 2.94. The van der Waals surface area contributed by atoms with E-state index in [0.717, 1.165) is 39.6 Å². The summed E-state index contributed by atoms with van der Waals surface area (Å²) in [4.78, 5) is 23.1. The van der Waals surface area contributed by atoms with Crippen LogP contribution in [0.2, 0.25) is 0 Å². The molecule has 4 aromatic carbocycles. The third-order valence-electron chi connectivity index (χ3n) is 6.13. The van der Waals surface area contributed by atoms with Crippen molar-refractivity contribution in [2.45, 2.75) is 26.4 Å². The molecule has 0 heterocycles. The van der Waals surface area contributed by atoms with Gasteiger partial charge in [-0.05, 0) is 85.0 Å². The Morgan fingerprint density at radius 3 is 1.44 bits per heavy atom. The van der Waals surface area contributed by atoms with E-state index in [1.807, 2.05) is 74.5 Å². The minimum absolute atomic E-state index is 0.355. The van der Waals surface area contributed by atoms with Gasteiger partial charge in [0.2, 0.25) is 0 Å². The number of hydrogen-bond acceptors (Lipinski definition) is 5. The van der Waals surface area contributed by atoms with Gasteiger partial charge < -0.3 is 14.2 Å². The Balaban J connectivity index is 1.40. The molecule has 0 unspecified atom stereocenters. The Bertz CT molecular complexity index is 1480. The first kappa shape index (κ1) is 27.1. The van der Waals surface area contributed by atoms with Gasteiger partial charge in [-0.15, -0.1) is 0 Å². The van der Waals surface area contributed by atoms with Crippen molar-refractivity contribution >= 4 is 11.9 Å². The smallest absolute Gasteiger partial charge is 0.338 e. The molecular weight excluding hydrogens is 488 g/mol. The molecule has 0 aliphatic rings. The first-order valence-corrected chi connectivity index (χ1v) is 12.5. The summed E-state index contributed by atoms with van der Waals surface area (Å²) in [6.07, 6.45) is 1.14. The second-order valence-corrected chi connectivity index (χ2v) is 9.56. The molecule has 5 nitrogen and oxygen atoms in total. The SMILES string of the molecule is C=CC(=O)Oc1ccc(-c2ccc(C(C)(C)Oc3ccc(-c4ccc(OC(=O)C(=C)C)cc4)cc3)cc2)cc1. The largest absolute Gasteiger partial charge is 0.483 e. The Hall–Kier alpha value is -4.90. The molecular formula is C34H30O5. The van der Waals surface area contributed by atoms with Crippen LogP contribution in [0.15, 0.2) is 122 Å². The molecule has 4 aromatic rings. The van der Waals surface area contributed by atoms with Crippen molar-refractivity contribution < 1.29 is 23.8 Å². The molecule has 196 valence electrons. The van der Waals surface area contributed by atoms with Gasteiger partial charge in [0.05, 0.1) is 0 Å². The van der Waals surface area contributed by atoms with Gasteiger partial charge in [-0.1, -0.05) is 73.8 Å². The molecule has 0 amide bonds. The lowest BCUT2D eigenvalue weighted by Crippen LogP contribution is -2.25. The van der Waals surface area contributed by atoms with Crippen LogP contribution in [0.5, 0.6) is 17.2 Å². The number of carbonyl (C=O) groups is 2. The second-order valence-electron chi connectivity index (χ2n) is 9.56. The predicted octanol–water partition coefficient (Wildman–Crippen LogP) is 7.91. The molecule has 0 N–H and O–H groups in total. The van der Waals surface area contributed by atoms with Crippen LogP contribution in [-0.4, -0.2) is 11.9 Å². The normalized spacial score (nSPS) is 10.8. The summed E-state index contributed by atoms with van der Waals surface area (Å²) < 4.78 is 16.7. The van der Waals surface area contributed by atoms with Crippen LogP contribution >= 0.6 is 0 Å². The molecule has 0 radical (unpaired) electrons. The van der Waals surface area contributed by atoms with Crippen LogP contribution in [-0.2, 0) is 15.2 Å². The maximum Gasteiger partial charge on any atom is 0.338 e. The highest BCUT2D eigenvalue weighted by molar-refractivity contribution is 5.88. The summed E-state index contributed by atoms with van der Waals surface area (Å²) in [7, 11) is 0. The van der Waals surface area contributed by atoms with Crippen molar-refractivity contribution in [3.8, 4) is 39.5 Å². The highest BCUT2D eigenvalue weighted by Crippen LogP contribution is 2.32. The standard InChI is InChI=1S/C34H30O5/c1-6-32(35)37-29-17-9-25(10-18-29)24-7-15-28(16-8-24)34(4,5)39-31-21-13-27(14-22-31)26-11-19-30(20-12-26)38-33(36)23(2)3/h6-22H,1-2H2,3-5H3. The summed E-state index contributed by atoms with van der Waals surface area (Å²) in [5, 5.41) is 0. The zero-order chi connectivity index (χ0) is 28.0. The number of hydrogen-bond donors (Lipinski definition) is 0. The van der Waals surface area contributed by atoms with Crippen molar-refractivity contribution in [2.75, 3.05) is 0 Å². The molecule has 0 saturated heterocycles. The Kier molecular flexibility index (Phi) is 8.11. The molecule has 0 spiro atoms. The maximum absolute atomic E-state index is 11.7. The van der Waals surface area contributed by atoms with Gasteiger partial charge in [0.25, 0.3) is 0 Å². The predicted molar refractivity (Wildman–Crippen MR) is 154 cm³/mol. The van der Waals surface area contributed by atoms with E-state index in [-0.39, 0.29) is 0 Å². The van der Waals surface area contributed by atoms with Gasteiger partial charge in [-0.3, -0.25) is 0 Å². The summed E-state index contributed by atoms with van der Waals surface area (Å²) in [6.45, 7) is 12.7. The first-order chi connectivity index (χ1) is 18.6. The number of rotatable bonds is 9. The van der Waals surface area contributed by atoms with E-state index in [0.29, 0.717) is 17.1 Å². The summed E-state index contributed by atoms with van der Waals surface area (Å²) in [5.41, 5.74) is 4.90. The average molecular weight is 519 g/mol. The van der Waals surface area contributed by atoms with Crippen LogP contribution in [0, 0.1) is 0 Å². The molecule has 0 bridgehead atoms. The zero-order valence-corrected chi connectivity index (χ0v) is 22.3. The van der Waals surface area contributed by atoms with Crippen molar-refractivity contribution in [1.29, 1.82) is 0 Å². The molecule has 5 heteroatoms. The highest BCUT2D eigenvalue weighted by atomic mass is 16.5. The Morgan fingerprint density at radius 1 is 0.641 bits per heavy atom. The van der Waals surface area contributed by atoms with E-state index in [9.17, 15) is 9.59 Å². The Morgan fingerprint density at radius 2 is 1.03 bits per heavy atom. The number of ether oxygens (including phenoxy) is 3. The second kappa shape index (κ2) is 11.7. The van der Waals surface area contributed by atoms with Gasteiger partial charge in [-0.2, -0.15) is 0 Å².